The molecule has 2 amide bonds. The molecule has 1 atom stereocenters. The zero-order chi connectivity index (χ0) is 25.6. The highest BCUT2D eigenvalue weighted by Crippen LogP contribution is 2.16. The molecular formula is C23H25N5O6S. The standard InChI is InChI=1S/C23H25N5O6S/c1-4-34-23(31)21-13-14-28(26-21)19-9-5-18(6-10-19)25-22(30)15(2)27-35(32,33)20-11-7-17(8-12-20)24-16(3)29/h5-15,27H,4H2,1-3H3,(H,24,29)(H,25,30)/t15-/m0/s1. The van der Waals surface area contributed by atoms with E-state index in [1.165, 1.54) is 48.9 Å². The Bertz CT molecular complexity index is 1320. The zero-order valence-corrected chi connectivity index (χ0v) is 20.1. The van der Waals surface area contributed by atoms with Crippen LogP contribution in [-0.4, -0.2) is 48.6 Å². The molecule has 1 heterocycles. The van der Waals surface area contributed by atoms with Crippen molar-refractivity contribution in [1.82, 2.24) is 14.5 Å². The first-order chi connectivity index (χ1) is 16.6. The van der Waals surface area contributed by atoms with Crippen molar-refractivity contribution in [2.24, 2.45) is 0 Å². The van der Waals surface area contributed by atoms with E-state index in [1.54, 1.807) is 37.4 Å². The lowest BCUT2D eigenvalue weighted by Crippen LogP contribution is -2.41. The molecule has 1 aromatic heterocycles. The molecule has 3 rings (SSSR count). The molecule has 12 heteroatoms. The molecule has 11 nitrogen and oxygen atoms in total. The Kier molecular flexibility index (Phi) is 7.99. The van der Waals surface area contributed by atoms with Crippen LogP contribution in [0, 0.1) is 0 Å². The van der Waals surface area contributed by atoms with E-state index in [0.29, 0.717) is 17.1 Å². The largest absolute Gasteiger partial charge is 0.461 e. The number of amides is 2. The highest BCUT2D eigenvalue weighted by Gasteiger charge is 2.22. The van der Waals surface area contributed by atoms with Crippen LogP contribution >= 0.6 is 0 Å². The summed E-state index contributed by atoms with van der Waals surface area (Å²) in [5.41, 5.74) is 1.73. The van der Waals surface area contributed by atoms with E-state index in [1.807, 2.05) is 0 Å². The predicted octanol–water partition coefficient (Wildman–Crippen LogP) is 2.31. The second-order valence-corrected chi connectivity index (χ2v) is 9.16. The fourth-order valence-corrected chi connectivity index (χ4v) is 4.21. The molecule has 0 spiro atoms. The maximum absolute atomic E-state index is 12.6. The highest BCUT2D eigenvalue weighted by atomic mass is 32.2. The molecule has 0 saturated carbocycles. The van der Waals surface area contributed by atoms with Crippen LogP contribution in [0.1, 0.15) is 31.3 Å². The Morgan fingerprint density at radius 1 is 0.971 bits per heavy atom. The fraction of sp³-hybridized carbons (Fsp3) is 0.217. The van der Waals surface area contributed by atoms with Crippen LogP contribution < -0.4 is 15.4 Å². The van der Waals surface area contributed by atoms with E-state index in [4.69, 9.17) is 4.74 Å². The lowest BCUT2D eigenvalue weighted by Gasteiger charge is -2.15. The number of sulfonamides is 1. The molecule has 0 aliphatic carbocycles. The Morgan fingerprint density at radius 3 is 2.17 bits per heavy atom. The van der Waals surface area contributed by atoms with Crippen molar-refractivity contribution in [2.75, 3.05) is 17.2 Å². The van der Waals surface area contributed by atoms with E-state index in [0.717, 1.165) is 0 Å². The number of aromatic nitrogens is 2. The van der Waals surface area contributed by atoms with Gasteiger partial charge in [0.05, 0.1) is 23.2 Å². The lowest BCUT2D eigenvalue weighted by atomic mass is 10.2. The molecule has 3 N–H and O–H groups in total. The molecule has 0 saturated heterocycles. The Hall–Kier alpha value is -4.03. The molecular weight excluding hydrogens is 474 g/mol. The number of benzene rings is 2. The van der Waals surface area contributed by atoms with Crippen LogP contribution in [-0.2, 0) is 24.3 Å². The molecule has 0 aliphatic rings. The minimum atomic E-state index is -3.97. The molecule has 2 aromatic carbocycles. The third-order valence-corrected chi connectivity index (χ3v) is 6.24. The molecule has 0 radical (unpaired) electrons. The van der Waals surface area contributed by atoms with Crippen LogP contribution in [0.3, 0.4) is 0 Å². The number of nitrogens with zero attached hydrogens (tertiary/aromatic N) is 2. The summed E-state index contributed by atoms with van der Waals surface area (Å²) in [4.78, 5) is 35.4. The third kappa shape index (κ3) is 6.74. The van der Waals surface area contributed by atoms with E-state index < -0.39 is 27.9 Å². The summed E-state index contributed by atoms with van der Waals surface area (Å²) >= 11 is 0. The van der Waals surface area contributed by atoms with Gasteiger partial charge in [-0.05, 0) is 68.4 Å². The average Bonchev–Trinajstić information content (AvgIpc) is 3.30. The molecule has 35 heavy (non-hydrogen) atoms. The first-order valence-electron chi connectivity index (χ1n) is 10.6. The van der Waals surface area contributed by atoms with E-state index >= 15 is 0 Å². The van der Waals surface area contributed by atoms with Gasteiger partial charge in [-0.2, -0.15) is 9.82 Å². The Morgan fingerprint density at radius 2 is 1.57 bits per heavy atom. The summed E-state index contributed by atoms with van der Waals surface area (Å²) < 4.78 is 33.9. The summed E-state index contributed by atoms with van der Waals surface area (Å²) in [5, 5.41) is 9.36. The summed E-state index contributed by atoms with van der Waals surface area (Å²) in [6.45, 7) is 4.73. The van der Waals surface area contributed by atoms with Gasteiger partial charge in [-0.3, -0.25) is 9.59 Å². The van der Waals surface area contributed by atoms with Gasteiger partial charge in [0.15, 0.2) is 5.69 Å². The van der Waals surface area contributed by atoms with Crippen molar-refractivity contribution in [3.63, 3.8) is 0 Å². The van der Waals surface area contributed by atoms with Crippen LogP contribution in [0.4, 0.5) is 11.4 Å². The van der Waals surface area contributed by atoms with Crippen LogP contribution in [0.15, 0.2) is 65.7 Å². The minimum Gasteiger partial charge on any atom is -0.461 e. The topological polar surface area (TPSA) is 148 Å². The van der Waals surface area contributed by atoms with Gasteiger partial charge in [-0.1, -0.05) is 0 Å². The van der Waals surface area contributed by atoms with Gasteiger partial charge in [-0.25, -0.2) is 17.9 Å². The first-order valence-corrected chi connectivity index (χ1v) is 12.1. The van der Waals surface area contributed by atoms with E-state index in [9.17, 15) is 22.8 Å². The number of hydrogen-bond acceptors (Lipinski definition) is 7. The van der Waals surface area contributed by atoms with Gasteiger partial charge in [0.1, 0.15) is 0 Å². The second-order valence-electron chi connectivity index (χ2n) is 7.45. The van der Waals surface area contributed by atoms with Crippen molar-refractivity contribution in [2.45, 2.75) is 31.7 Å². The lowest BCUT2D eigenvalue weighted by molar-refractivity contribution is -0.117. The Balaban J connectivity index is 1.61. The quantitative estimate of drug-likeness (QED) is 0.383. The number of carbonyl (C=O) groups is 3. The van der Waals surface area contributed by atoms with Crippen molar-refractivity contribution in [1.29, 1.82) is 0 Å². The van der Waals surface area contributed by atoms with Gasteiger partial charge < -0.3 is 15.4 Å². The molecule has 0 unspecified atom stereocenters. The maximum atomic E-state index is 12.6. The fourth-order valence-electron chi connectivity index (χ4n) is 3.00. The van der Waals surface area contributed by atoms with Crippen LogP contribution in [0.2, 0.25) is 0 Å². The van der Waals surface area contributed by atoms with Gasteiger partial charge in [0.25, 0.3) is 0 Å². The third-order valence-electron chi connectivity index (χ3n) is 4.68. The van der Waals surface area contributed by atoms with E-state index in [-0.39, 0.29) is 23.1 Å². The number of rotatable bonds is 9. The van der Waals surface area contributed by atoms with Gasteiger partial charge in [-0.15, -0.1) is 0 Å². The smallest absolute Gasteiger partial charge is 0.358 e. The van der Waals surface area contributed by atoms with Crippen molar-refractivity contribution < 1.29 is 27.5 Å². The molecule has 3 aromatic rings. The van der Waals surface area contributed by atoms with Crippen LogP contribution in [0.5, 0.6) is 0 Å². The van der Waals surface area contributed by atoms with Gasteiger partial charge >= 0.3 is 5.97 Å². The number of anilines is 2. The van der Waals surface area contributed by atoms with E-state index in [2.05, 4.69) is 20.5 Å². The number of ether oxygens (including phenoxy) is 1. The molecule has 0 bridgehead atoms. The predicted molar refractivity (Wildman–Crippen MR) is 129 cm³/mol. The summed E-state index contributed by atoms with van der Waals surface area (Å²) in [6.07, 6.45) is 1.61. The number of nitrogens with one attached hydrogen (secondary N) is 3. The molecule has 0 aliphatic heterocycles. The summed E-state index contributed by atoms with van der Waals surface area (Å²) in [7, 11) is -3.97. The van der Waals surface area contributed by atoms with Crippen molar-refractivity contribution in [3.05, 3.63) is 66.5 Å². The van der Waals surface area contributed by atoms with Crippen LogP contribution in [0.25, 0.3) is 5.69 Å². The summed E-state index contributed by atoms with van der Waals surface area (Å²) in [6, 6.07) is 12.7. The number of hydrogen-bond donors (Lipinski definition) is 3. The summed E-state index contributed by atoms with van der Waals surface area (Å²) in [5.74, 6) is -1.35. The molecule has 0 fully saturated rings. The highest BCUT2D eigenvalue weighted by molar-refractivity contribution is 7.89. The first kappa shape index (κ1) is 25.6. The zero-order valence-electron chi connectivity index (χ0n) is 19.3. The van der Waals surface area contributed by atoms with Gasteiger partial charge in [0, 0.05) is 24.5 Å². The minimum absolute atomic E-state index is 0.0444. The Labute approximate surface area is 202 Å². The van der Waals surface area contributed by atoms with Gasteiger partial charge in [0.2, 0.25) is 21.8 Å². The normalized spacial score (nSPS) is 12.0. The maximum Gasteiger partial charge on any atom is 0.358 e. The molecule has 184 valence electrons. The SMILES string of the molecule is CCOC(=O)c1ccn(-c2ccc(NC(=O)[C@H](C)NS(=O)(=O)c3ccc(NC(C)=O)cc3)cc2)n1. The van der Waals surface area contributed by atoms with Crippen molar-refractivity contribution >= 4 is 39.2 Å². The number of carbonyl (C=O) groups excluding carboxylic acids is 3. The number of esters is 1. The second kappa shape index (κ2) is 10.9. The van der Waals surface area contributed by atoms with Crippen molar-refractivity contribution in [3.8, 4) is 5.69 Å². The average molecular weight is 500 g/mol. The monoisotopic (exact) mass is 499 g/mol.